The Hall–Kier alpha value is -0.0400. The van der Waals surface area contributed by atoms with Crippen LogP contribution in [-0.2, 0) is 4.74 Å². The standard InChI is InChI=1S/C26H42O/c1-16-13-19-14-22-18(15-27-22)6-11-25(19,4)20-8-12-26-17(2)5-9-24(26,3)10-7-21(26)23(16)20/h16-23H,5-15H2,1-4H3/t16?,17?,18?,19?,20?,21?,22-,23?,24?,25?,26?/m1/s1. The van der Waals surface area contributed by atoms with Crippen molar-refractivity contribution in [3.05, 3.63) is 0 Å². The van der Waals surface area contributed by atoms with Crippen molar-refractivity contribution in [2.45, 2.75) is 98.0 Å². The van der Waals surface area contributed by atoms with E-state index in [0.29, 0.717) is 22.3 Å². The van der Waals surface area contributed by atoms with E-state index in [2.05, 4.69) is 27.7 Å². The quantitative estimate of drug-likeness (QED) is 0.460. The van der Waals surface area contributed by atoms with Crippen LogP contribution in [0.1, 0.15) is 91.9 Å². The highest BCUT2D eigenvalue weighted by atomic mass is 16.5. The van der Waals surface area contributed by atoms with Gasteiger partial charge in [0.05, 0.1) is 12.7 Å². The summed E-state index contributed by atoms with van der Waals surface area (Å²) in [6, 6.07) is 0. The number of hydrogen-bond donors (Lipinski definition) is 0. The topological polar surface area (TPSA) is 9.23 Å². The van der Waals surface area contributed by atoms with Crippen molar-refractivity contribution in [3.63, 3.8) is 0 Å². The molecule has 1 aliphatic heterocycles. The van der Waals surface area contributed by atoms with Gasteiger partial charge >= 0.3 is 0 Å². The minimum atomic E-state index is 0.611. The highest BCUT2D eigenvalue weighted by molar-refractivity contribution is 5.18. The van der Waals surface area contributed by atoms with Gasteiger partial charge in [-0.05, 0) is 116 Å². The molecule has 1 nitrogen and oxygen atoms in total. The van der Waals surface area contributed by atoms with Crippen molar-refractivity contribution in [1.82, 2.24) is 0 Å². The van der Waals surface area contributed by atoms with E-state index >= 15 is 0 Å². The molecule has 5 saturated carbocycles. The summed E-state index contributed by atoms with van der Waals surface area (Å²) in [5.74, 6) is 6.85. The molecule has 10 unspecified atom stereocenters. The predicted octanol–water partition coefficient (Wildman–Crippen LogP) is 6.71. The molecule has 0 bridgehead atoms. The first-order valence-corrected chi connectivity index (χ1v) is 12.5. The van der Waals surface area contributed by atoms with Crippen LogP contribution >= 0.6 is 0 Å². The van der Waals surface area contributed by atoms with E-state index in [0.717, 1.165) is 48.0 Å². The summed E-state index contributed by atoms with van der Waals surface area (Å²) < 4.78 is 6.03. The van der Waals surface area contributed by atoms with Crippen molar-refractivity contribution in [3.8, 4) is 0 Å². The molecule has 0 radical (unpaired) electrons. The van der Waals surface area contributed by atoms with Gasteiger partial charge in [-0.2, -0.15) is 0 Å². The van der Waals surface area contributed by atoms with Gasteiger partial charge in [-0.3, -0.25) is 0 Å². The molecule has 1 heterocycles. The van der Waals surface area contributed by atoms with Crippen LogP contribution in [0.25, 0.3) is 0 Å². The minimum absolute atomic E-state index is 0.611. The van der Waals surface area contributed by atoms with Crippen LogP contribution in [0.2, 0.25) is 0 Å². The van der Waals surface area contributed by atoms with Gasteiger partial charge in [0, 0.05) is 5.92 Å². The molecule has 0 N–H and O–H groups in total. The van der Waals surface area contributed by atoms with E-state index < -0.39 is 0 Å². The molecule has 6 fully saturated rings. The third-order valence-electron chi connectivity index (χ3n) is 12.3. The number of fused-ring (bicyclic) bond motifs is 5. The predicted molar refractivity (Wildman–Crippen MR) is 110 cm³/mol. The molecule has 1 saturated heterocycles. The molecular formula is C26H42O. The monoisotopic (exact) mass is 370 g/mol. The van der Waals surface area contributed by atoms with Crippen LogP contribution < -0.4 is 0 Å². The van der Waals surface area contributed by atoms with E-state index in [4.69, 9.17) is 4.74 Å². The van der Waals surface area contributed by atoms with Crippen LogP contribution in [-0.4, -0.2) is 12.7 Å². The van der Waals surface area contributed by atoms with Crippen LogP contribution in [0, 0.1) is 57.7 Å². The second kappa shape index (κ2) is 5.55. The first-order chi connectivity index (χ1) is 12.9. The number of rotatable bonds is 0. The molecule has 6 rings (SSSR count). The lowest BCUT2D eigenvalue weighted by atomic mass is 9.42. The second-order valence-corrected chi connectivity index (χ2v) is 12.7. The van der Waals surface area contributed by atoms with E-state index in [1.807, 2.05) is 0 Å². The number of hydrogen-bond acceptors (Lipinski definition) is 1. The third kappa shape index (κ3) is 2.02. The summed E-state index contributed by atoms with van der Waals surface area (Å²) in [7, 11) is 0. The van der Waals surface area contributed by atoms with Gasteiger partial charge in [0.25, 0.3) is 0 Å². The minimum Gasteiger partial charge on any atom is -0.377 e. The molecule has 152 valence electrons. The lowest BCUT2D eigenvalue weighted by molar-refractivity contribution is -0.154. The Balaban J connectivity index is 1.38. The molecule has 27 heavy (non-hydrogen) atoms. The van der Waals surface area contributed by atoms with Crippen molar-refractivity contribution in [2.75, 3.05) is 6.61 Å². The zero-order valence-corrected chi connectivity index (χ0v) is 18.3. The highest BCUT2D eigenvalue weighted by Gasteiger charge is 2.69. The van der Waals surface area contributed by atoms with Gasteiger partial charge in [0.1, 0.15) is 0 Å². The van der Waals surface area contributed by atoms with Crippen LogP contribution in [0.3, 0.4) is 0 Å². The fraction of sp³-hybridized carbons (Fsp3) is 1.00. The largest absolute Gasteiger partial charge is 0.377 e. The van der Waals surface area contributed by atoms with Gasteiger partial charge in [-0.25, -0.2) is 0 Å². The normalized spacial score (nSPS) is 64.4. The summed E-state index contributed by atoms with van der Waals surface area (Å²) in [5.41, 5.74) is 1.99. The molecule has 0 aromatic rings. The highest BCUT2D eigenvalue weighted by Crippen LogP contribution is 2.77. The molecule has 5 aliphatic carbocycles. The molecular weight excluding hydrogens is 328 g/mol. The Morgan fingerprint density at radius 2 is 1.59 bits per heavy atom. The smallest absolute Gasteiger partial charge is 0.0628 e. The maximum Gasteiger partial charge on any atom is 0.0628 e. The molecule has 0 aromatic heterocycles. The Kier molecular flexibility index (Phi) is 3.66. The maximum absolute atomic E-state index is 6.03. The zero-order chi connectivity index (χ0) is 18.6. The van der Waals surface area contributed by atoms with Crippen molar-refractivity contribution < 1.29 is 4.74 Å². The van der Waals surface area contributed by atoms with Crippen molar-refractivity contribution in [1.29, 1.82) is 0 Å². The fourth-order valence-electron chi connectivity index (χ4n) is 10.8. The summed E-state index contributed by atoms with van der Waals surface area (Å²) in [6.07, 6.45) is 15.7. The third-order valence-corrected chi connectivity index (χ3v) is 12.3. The van der Waals surface area contributed by atoms with Gasteiger partial charge in [-0.15, -0.1) is 0 Å². The molecule has 0 aromatic carbocycles. The Labute approximate surface area is 167 Å². The van der Waals surface area contributed by atoms with Crippen molar-refractivity contribution in [2.24, 2.45) is 57.7 Å². The average Bonchev–Trinajstić information content (AvgIpc) is 3.02. The van der Waals surface area contributed by atoms with E-state index in [1.54, 1.807) is 19.3 Å². The van der Waals surface area contributed by atoms with E-state index in [1.165, 1.54) is 44.9 Å². The van der Waals surface area contributed by atoms with Crippen molar-refractivity contribution >= 4 is 0 Å². The molecule has 1 heteroatoms. The first kappa shape index (κ1) is 17.8. The molecule has 6 aliphatic rings. The van der Waals surface area contributed by atoms with Gasteiger partial charge in [0.15, 0.2) is 0 Å². The lowest BCUT2D eigenvalue weighted by Crippen LogP contribution is -2.56. The van der Waals surface area contributed by atoms with Gasteiger partial charge in [0.2, 0.25) is 0 Å². The molecule has 0 amide bonds. The van der Waals surface area contributed by atoms with E-state index in [9.17, 15) is 0 Å². The second-order valence-electron chi connectivity index (χ2n) is 12.7. The summed E-state index contributed by atoms with van der Waals surface area (Å²) in [5, 5.41) is 0. The van der Waals surface area contributed by atoms with Crippen LogP contribution in [0.15, 0.2) is 0 Å². The molecule has 1 spiro atoms. The average molecular weight is 371 g/mol. The lowest BCUT2D eigenvalue weighted by Gasteiger charge is -2.63. The Bertz CT molecular complexity index is 628. The number of ether oxygens (including phenoxy) is 1. The summed E-state index contributed by atoms with van der Waals surface area (Å²) in [4.78, 5) is 0. The SMILES string of the molecule is CC1CC2C[C@H]3OCC3CCC2(C)C2CCC34C(C)CCC3(C)CCC4C12. The summed E-state index contributed by atoms with van der Waals surface area (Å²) in [6.45, 7) is 11.8. The first-order valence-electron chi connectivity index (χ1n) is 12.5. The van der Waals surface area contributed by atoms with Crippen LogP contribution in [0.4, 0.5) is 0 Å². The zero-order valence-electron chi connectivity index (χ0n) is 18.3. The summed E-state index contributed by atoms with van der Waals surface area (Å²) >= 11 is 0. The van der Waals surface area contributed by atoms with Crippen LogP contribution in [0.5, 0.6) is 0 Å². The van der Waals surface area contributed by atoms with Gasteiger partial charge < -0.3 is 4.74 Å². The Morgan fingerprint density at radius 1 is 0.815 bits per heavy atom. The molecule has 11 atom stereocenters. The fourth-order valence-corrected chi connectivity index (χ4v) is 10.8. The van der Waals surface area contributed by atoms with Gasteiger partial charge in [-0.1, -0.05) is 27.7 Å². The Morgan fingerprint density at radius 3 is 2.37 bits per heavy atom. The van der Waals surface area contributed by atoms with E-state index in [-0.39, 0.29) is 0 Å². The maximum atomic E-state index is 6.03.